The Bertz CT molecular complexity index is 1020. The number of methoxy groups -OCH3 is 2. The Morgan fingerprint density at radius 3 is 2.41 bits per heavy atom. The first kappa shape index (κ1) is 24.0. The number of likely N-dealkylation sites (tertiary alicyclic amines) is 1. The SMILES string of the molecule is COc1ccc(CN2CCC3(CC2)C(=O)N(Cc2ccccn2)C(=O)N3CC(C)C)c(OC)c1. The summed E-state index contributed by atoms with van der Waals surface area (Å²) in [5.41, 5.74) is 1.01. The minimum atomic E-state index is -0.781. The third-order valence-corrected chi connectivity index (χ3v) is 6.79. The van der Waals surface area contributed by atoms with Crippen LogP contribution in [0.3, 0.4) is 0 Å². The Labute approximate surface area is 201 Å². The monoisotopic (exact) mass is 466 g/mol. The van der Waals surface area contributed by atoms with Crippen molar-refractivity contribution in [1.29, 1.82) is 0 Å². The predicted octanol–water partition coefficient (Wildman–Crippen LogP) is 3.55. The van der Waals surface area contributed by atoms with E-state index in [-0.39, 0.29) is 24.4 Å². The molecule has 2 fully saturated rings. The fourth-order valence-corrected chi connectivity index (χ4v) is 4.98. The molecule has 0 atom stereocenters. The molecule has 0 radical (unpaired) electrons. The maximum absolute atomic E-state index is 13.7. The van der Waals surface area contributed by atoms with E-state index in [1.807, 2.05) is 41.3 Å². The zero-order valence-corrected chi connectivity index (χ0v) is 20.5. The number of nitrogens with zero attached hydrogens (tertiary/aromatic N) is 4. The van der Waals surface area contributed by atoms with E-state index in [4.69, 9.17) is 9.47 Å². The largest absolute Gasteiger partial charge is 0.497 e. The number of rotatable bonds is 8. The molecule has 0 saturated carbocycles. The lowest BCUT2D eigenvalue weighted by Gasteiger charge is -2.42. The van der Waals surface area contributed by atoms with Crippen LogP contribution in [0.2, 0.25) is 0 Å². The minimum absolute atomic E-state index is 0.0921. The molecule has 2 aliphatic heterocycles. The summed E-state index contributed by atoms with van der Waals surface area (Å²) in [6.45, 7) is 7.10. The molecular weight excluding hydrogens is 432 g/mol. The van der Waals surface area contributed by atoms with Gasteiger partial charge in [-0.05, 0) is 37.0 Å². The standard InChI is InChI=1S/C26H34N4O4/c1-19(2)16-30-25(32)29(18-21-7-5-6-12-27-21)24(31)26(30)10-13-28(14-11-26)17-20-8-9-22(33-3)15-23(20)34-4/h5-9,12,15,19H,10-11,13-14,16-18H2,1-4H3. The van der Waals surface area contributed by atoms with Crippen molar-refractivity contribution < 1.29 is 19.1 Å². The molecule has 0 bridgehead atoms. The summed E-state index contributed by atoms with van der Waals surface area (Å²) in [7, 11) is 3.30. The van der Waals surface area contributed by atoms with E-state index in [1.165, 1.54) is 4.90 Å². The molecule has 2 saturated heterocycles. The second-order valence-electron chi connectivity index (χ2n) is 9.48. The smallest absolute Gasteiger partial charge is 0.328 e. The summed E-state index contributed by atoms with van der Waals surface area (Å²) in [6.07, 6.45) is 2.91. The summed E-state index contributed by atoms with van der Waals surface area (Å²) in [6, 6.07) is 11.2. The molecule has 4 rings (SSSR count). The lowest BCUT2D eigenvalue weighted by atomic mass is 9.85. The van der Waals surface area contributed by atoms with E-state index in [1.54, 1.807) is 20.4 Å². The molecule has 3 amide bonds. The van der Waals surface area contributed by atoms with Gasteiger partial charge in [-0.1, -0.05) is 26.0 Å². The molecule has 2 aromatic rings. The molecule has 8 heteroatoms. The van der Waals surface area contributed by atoms with Gasteiger partial charge in [0.05, 0.1) is 26.5 Å². The molecule has 0 N–H and O–H groups in total. The molecule has 182 valence electrons. The van der Waals surface area contributed by atoms with Crippen LogP contribution in [-0.4, -0.2) is 71.0 Å². The number of carbonyl (C=O) groups excluding carboxylic acids is 2. The number of piperidine rings is 1. The zero-order valence-electron chi connectivity index (χ0n) is 20.5. The summed E-state index contributed by atoms with van der Waals surface area (Å²) in [4.78, 5) is 37.0. The molecule has 1 spiro atoms. The Kier molecular flexibility index (Phi) is 7.07. The van der Waals surface area contributed by atoms with Crippen LogP contribution in [0.5, 0.6) is 11.5 Å². The average Bonchev–Trinajstić information content (AvgIpc) is 3.02. The van der Waals surface area contributed by atoms with Crippen LogP contribution in [0, 0.1) is 5.92 Å². The number of hydrogen-bond acceptors (Lipinski definition) is 6. The second kappa shape index (κ2) is 10.0. The van der Waals surface area contributed by atoms with Crippen molar-refractivity contribution in [2.24, 2.45) is 5.92 Å². The molecule has 0 aliphatic carbocycles. The Morgan fingerprint density at radius 2 is 1.79 bits per heavy atom. The minimum Gasteiger partial charge on any atom is -0.497 e. The van der Waals surface area contributed by atoms with Gasteiger partial charge in [-0.2, -0.15) is 0 Å². The highest BCUT2D eigenvalue weighted by Gasteiger charge is 2.57. The van der Waals surface area contributed by atoms with Gasteiger partial charge in [-0.15, -0.1) is 0 Å². The Hall–Kier alpha value is -3.13. The maximum Gasteiger partial charge on any atom is 0.328 e. The van der Waals surface area contributed by atoms with Crippen molar-refractivity contribution >= 4 is 11.9 Å². The van der Waals surface area contributed by atoms with Gasteiger partial charge in [-0.3, -0.25) is 19.6 Å². The molecule has 3 heterocycles. The number of hydrogen-bond donors (Lipinski definition) is 0. The molecular formula is C26H34N4O4. The summed E-state index contributed by atoms with van der Waals surface area (Å²) in [5, 5.41) is 0. The normalized spacial score (nSPS) is 18.3. The quantitative estimate of drug-likeness (QED) is 0.554. The molecule has 1 aromatic heterocycles. The van der Waals surface area contributed by atoms with Crippen LogP contribution >= 0.6 is 0 Å². The van der Waals surface area contributed by atoms with E-state index in [0.717, 1.165) is 35.8 Å². The van der Waals surface area contributed by atoms with Gasteiger partial charge >= 0.3 is 6.03 Å². The average molecular weight is 467 g/mol. The first-order valence-corrected chi connectivity index (χ1v) is 11.8. The van der Waals surface area contributed by atoms with Gasteiger partial charge < -0.3 is 14.4 Å². The summed E-state index contributed by atoms with van der Waals surface area (Å²) < 4.78 is 10.9. The number of benzene rings is 1. The predicted molar refractivity (Wildman–Crippen MR) is 129 cm³/mol. The van der Waals surface area contributed by atoms with E-state index < -0.39 is 5.54 Å². The maximum atomic E-state index is 13.7. The summed E-state index contributed by atoms with van der Waals surface area (Å²) >= 11 is 0. The number of aromatic nitrogens is 1. The number of pyridine rings is 1. The van der Waals surface area contributed by atoms with Crippen LogP contribution < -0.4 is 9.47 Å². The van der Waals surface area contributed by atoms with Crippen LogP contribution in [0.15, 0.2) is 42.6 Å². The van der Waals surface area contributed by atoms with Gasteiger partial charge in [0.25, 0.3) is 5.91 Å². The van der Waals surface area contributed by atoms with E-state index in [9.17, 15) is 9.59 Å². The van der Waals surface area contributed by atoms with Crippen molar-refractivity contribution in [2.45, 2.75) is 45.3 Å². The lowest BCUT2D eigenvalue weighted by molar-refractivity contribution is -0.136. The zero-order chi connectivity index (χ0) is 24.3. The van der Waals surface area contributed by atoms with Crippen molar-refractivity contribution in [3.8, 4) is 11.5 Å². The van der Waals surface area contributed by atoms with Crippen molar-refractivity contribution in [1.82, 2.24) is 19.7 Å². The third-order valence-electron chi connectivity index (χ3n) is 6.79. The number of imide groups is 1. The highest BCUT2D eigenvalue weighted by molar-refractivity contribution is 6.07. The first-order valence-electron chi connectivity index (χ1n) is 11.8. The fourth-order valence-electron chi connectivity index (χ4n) is 4.98. The van der Waals surface area contributed by atoms with Crippen LogP contribution in [0.4, 0.5) is 4.79 Å². The molecule has 34 heavy (non-hydrogen) atoms. The number of carbonyl (C=O) groups is 2. The molecule has 0 unspecified atom stereocenters. The lowest BCUT2D eigenvalue weighted by Crippen LogP contribution is -2.57. The highest BCUT2D eigenvalue weighted by atomic mass is 16.5. The third kappa shape index (κ3) is 4.59. The number of ether oxygens (including phenoxy) is 2. The summed E-state index contributed by atoms with van der Waals surface area (Å²) in [5.74, 6) is 1.72. The van der Waals surface area contributed by atoms with Crippen molar-refractivity contribution in [3.05, 3.63) is 53.9 Å². The fraction of sp³-hybridized carbons (Fsp3) is 0.500. The van der Waals surface area contributed by atoms with Crippen LogP contribution in [0.25, 0.3) is 0 Å². The van der Waals surface area contributed by atoms with Crippen molar-refractivity contribution in [3.63, 3.8) is 0 Å². The van der Waals surface area contributed by atoms with Gasteiger partial charge in [0.15, 0.2) is 0 Å². The van der Waals surface area contributed by atoms with Crippen molar-refractivity contribution in [2.75, 3.05) is 33.9 Å². The van der Waals surface area contributed by atoms with Gasteiger partial charge in [0.1, 0.15) is 17.0 Å². The van der Waals surface area contributed by atoms with Gasteiger partial charge in [0.2, 0.25) is 0 Å². The highest BCUT2D eigenvalue weighted by Crippen LogP contribution is 2.39. The topological polar surface area (TPSA) is 75.2 Å². The van der Waals surface area contributed by atoms with E-state index >= 15 is 0 Å². The van der Waals surface area contributed by atoms with Crippen LogP contribution in [-0.2, 0) is 17.9 Å². The first-order chi connectivity index (χ1) is 16.4. The van der Waals surface area contributed by atoms with Crippen LogP contribution in [0.1, 0.15) is 37.9 Å². The molecule has 8 nitrogen and oxygen atoms in total. The van der Waals surface area contributed by atoms with E-state index in [0.29, 0.717) is 25.9 Å². The van der Waals surface area contributed by atoms with Gasteiger partial charge in [-0.25, -0.2) is 4.79 Å². The van der Waals surface area contributed by atoms with Gasteiger partial charge in [0, 0.05) is 44.0 Å². The Morgan fingerprint density at radius 1 is 1.03 bits per heavy atom. The Balaban J connectivity index is 1.51. The second-order valence-corrected chi connectivity index (χ2v) is 9.48. The number of urea groups is 1. The number of amides is 3. The molecule has 1 aromatic carbocycles. The molecule has 2 aliphatic rings. The van der Waals surface area contributed by atoms with E-state index in [2.05, 4.69) is 23.7 Å².